The van der Waals surface area contributed by atoms with E-state index in [0.717, 1.165) is 10.7 Å². The molecule has 12 heteroatoms. The zero-order valence-corrected chi connectivity index (χ0v) is 17.3. The summed E-state index contributed by atoms with van der Waals surface area (Å²) in [6.45, 7) is 0.546. The molecule has 0 saturated heterocycles. The number of fused-ring (bicyclic) bond motifs is 1. The molecule has 0 spiro atoms. The van der Waals surface area contributed by atoms with Crippen molar-refractivity contribution in [2.75, 3.05) is 16.8 Å². The third kappa shape index (κ3) is 4.77. The van der Waals surface area contributed by atoms with E-state index in [1.165, 1.54) is 11.0 Å². The minimum atomic E-state index is -4.60. The lowest BCUT2D eigenvalue weighted by Crippen LogP contribution is -2.37. The van der Waals surface area contributed by atoms with Crippen LogP contribution in [0, 0.1) is 0 Å². The van der Waals surface area contributed by atoms with Gasteiger partial charge < -0.3 is 4.52 Å². The molecule has 1 N–H and O–H groups in total. The molecular weight excluding hydrogens is 451 g/mol. The molecule has 3 heterocycles. The highest BCUT2D eigenvalue weighted by molar-refractivity contribution is 6.30. The van der Waals surface area contributed by atoms with E-state index in [-0.39, 0.29) is 37.6 Å². The zero-order valence-electron chi connectivity index (χ0n) is 16.5. The number of nitrogens with zero attached hydrogens (tertiary/aromatic N) is 4. The van der Waals surface area contributed by atoms with Crippen LogP contribution < -0.4 is 10.2 Å². The first-order valence-corrected chi connectivity index (χ1v) is 10.1. The smallest absolute Gasteiger partial charge is 0.338 e. The third-order valence-electron chi connectivity index (χ3n) is 4.84. The Hall–Kier alpha value is -3.34. The van der Waals surface area contributed by atoms with E-state index in [0.29, 0.717) is 22.7 Å². The molecular formula is C20H17ClF3N5O3. The van der Waals surface area contributed by atoms with Crippen molar-refractivity contribution >= 4 is 35.1 Å². The third-order valence-corrected chi connectivity index (χ3v) is 5.07. The SMILES string of the molecule is O=C(CCC(=O)N1CCCn2nc(C(F)(F)F)cc21)Nc1cc(-c2cccc(Cl)c2)no1. The van der Waals surface area contributed by atoms with Crippen LogP contribution in [0.2, 0.25) is 5.02 Å². The fourth-order valence-corrected chi connectivity index (χ4v) is 3.54. The van der Waals surface area contributed by atoms with Gasteiger partial charge in [-0.05, 0) is 18.6 Å². The second-order valence-electron chi connectivity index (χ2n) is 7.14. The molecule has 2 aromatic heterocycles. The quantitative estimate of drug-likeness (QED) is 0.601. The molecule has 8 nitrogen and oxygen atoms in total. The van der Waals surface area contributed by atoms with E-state index in [2.05, 4.69) is 15.6 Å². The topological polar surface area (TPSA) is 93.3 Å². The summed E-state index contributed by atoms with van der Waals surface area (Å²) >= 11 is 5.95. The summed E-state index contributed by atoms with van der Waals surface area (Å²) < 4.78 is 45.1. The largest absolute Gasteiger partial charge is 0.435 e. The highest BCUT2D eigenvalue weighted by Crippen LogP contribution is 2.33. The molecule has 3 aromatic rings. The molecule has 1 aromatic carbocycles. The van der Waals surface area contributed by atoms with Gasteiger partial charge in [0, 0.05) is 48.6 Å². The molecule has 0 saturated carbocycles. The first-order valence-electron chi connectivity index (χ1n) is 9.68. The van der Waals surface area contributed by atoms with Gasteiger partial charge in [0.15, 0.2) is 5.69 Å². The molecule has 0 atom stereocenters. The van der Waals surface area contributed by atoms with Crippen molar-refractivity contribution in [1.82, 2.24) is 14.9 Å². The van der Waals surface area contributed by atoms with E-state index in [4.69, 9.17) is 16.1 Å². The van der Waals surface area contributed by atoms with Crippen LogP contribution >= 0.6 is 11.6 Å². The maximum Gasteiger partial charge on any atom is 0.435 e. The van der Waals surface area contributed by atoms with Crippen molar-refractivity contribution in [3.05, 3.63) is 47.1 Å². The Bertz CT molecular complexity index is 1160. The summed E-state index contributed by atoms with van der Waals surface area (Å²) in [5, 5.41) is 10.4. The zero-order chi connectivity index (χ0) is 22.9. The van der Waals surface area contributed by atoms with Gasteiger partial charge in [-0.3, -0.25) is 19.8 Å². The normalized spacial score (nSPS) is 13.7. The fraction of sp³-hybridized carbons (Fsp3) is 0.300. The molecule has 0 radical (unpaired) electrons. The first kappa shape index (κ1) is 21.9. The molecule has 0 aliphatic carbocycles. The van der Waals surface area contributed by atoms with Crippen molar-refractivity contribution < 1.29 is 27.3 Å². The molecule has 4 rings (SSSR count). The summed E-state index contributed by atoms with van der Waals surface area (Å²) in [6.07, 6.45) is -4.50. The lowest BCUT2D eigenvalue weighted by atomic mass is 10.1. The Labute approximate surface area is 184 Å². The van der Waals surface area contributed by atoms with E-state index < -0.39 is 23.7 Å². The summed E-state index contributed by atoms with van der Waals surface area (Å²) in [6, 6.07) is 9.31. The number of carbonyl (C=O) groups excluding carboxylic acids is 2. The van der Waals surface area contributed by atoms with E-state index in [1.807, 2.05) is 0 Å². The van der Waals surface area contributed by atoms with Crippen molar-refractivity contribution in [1.29, 1.82) is 0 Å². The van der Waals surface area contributed by atoms with E-state index in [9.17, 15) is 22.8 Å². The Morgan fingerprint density at radius 3 is 2.72 bits per heavy atom. The average Bonchev–Trinajstić information content (AvgIpc) is 3.38. The summed E-state index contributed by atoms with van der Waals surface area (Å²) in [4.78, 5) is 26.0. The molecule has 32 heavy (non-hydrogen) atoms. The Morgan fingerprint density at radius 1 is 1.16 bits per heavy atom. The van der Waals surface area contributed by atoms with Gasteiger partial charge in [0.25, 0.3) is 0 Å². The van der Waals surface area contributed by atoms with Gasteiger partial charge in [-0.15, -0.1) is 0 Å². The highest BCUT2D eigenvalue weighted by atomic mass is 35.5. The molecule has 0 fully saturated rings. The number of alkyl halides is 3. The Morgan fingerprint density at radius 2 is 1.97 bits per heavy atom. The Balaban J connectivity index is 1.35. The number of halogens is 4. The molecule has 0 unspecified atom stereocenters. The van der Waals surface area contributed by atoms with Gasteiger partial charge in [0.05, 0.1) is 0 Å². The predicted molar refractivity (Wildman–Crippen MR) is 109 cm³/mol. The van der Waals surface area contributed by atoms with Crippen LogP contribution in [0.15, 0.2) is 40.9 Å². The van der Waals surface area contributed by atoms with Gasteiger partial charge in [0.2, 0.25) is 17.7 Å². The van der Waals surface area contributed by atoms with Crippen molar-refractivity contribution in [3.63, 3.8) is 0 Å². The van der Waals surface area contributed by atoms with Crippen LogP contribution in [0.4, 0.5) is 24.9 Å². The second-order valence-corrected chi connectivity index (χ2v) is 7.58. The standard InChI is InChI=1S/C20H17ClF3N5O3/c21-13-4-1-3-12(9-13)14-10-17(32-27-14)25-16(30)5-6-19(31)28-7-2-8-29-18(28)11-15(26-29)20(22,23)24/h1,3-4,9-11H,2,5-8H2,(H,25,30). The van der Waals surface area contributed by atoms with Crippen molar-refractivity contribution in [2.45, 2.75) is 32.0 Å². The lowest BCUT2D eigenvalue weighted by Gasteiger charge is -2.27. The Kier molecular flexibility index (Phi) is 5.92. The molecule has 1 aliphatic rings. The molecule has 0 bridgehead atoms. The van der Waals surface area contributed by atoms with Crippen LogP contribution in [-0.2, 0) is 22.3 Å². The number of carbonyl (C=O) groups is 2. The number of amides is 2. The minimum Gasteiger partial charge on any atom is -0.338 e. The number of hydrogen-bond acceptors (Lipinski definition) is 5. The van der Waals surface area contributed by atoms with Crippen molar-refractivity contribution in [2.24, 2.45) is 0 Å². The van der Waals surface area contributed by atoms with Gasteiger partial charge in [-0.2, -0.15) is 18.3 Å². The summed E-state index contributed by atoms with van der Waals surface area (Å²) in [7, 11) is 0. The van der Waals surface area contributed by atoms with E-state index >= 15 is 0 Å². The molecule has 168 valence electrons. The molecule has 1 aliphatic heterocycles. The highest BCUT2D eigenvalue weighted by Gasteiger charge is 2.37. The number of rotatable bonds is 5. The predicted octanol–water partition coefficient (Wildman–Crippen LogP) is 4.37. The second kappa shape index (κ2) is 8.65. The first-order chi connectivity index (χ1) is 15.2. The van der Waals surface area contributed by atoms with Gasteiger partial charge in [0.1, 0.15) is 11.5 Å². The van der Waals surface area contributed by atoms with Crippen LogP contribution in [0.3, 0.4) is 0 Å². The number of benzene rings is 1. The maximum absolute atomic E-state index is 12.9. The fourth-order valence-electron chi connectivity index (χ4n) is 3.35. The van der Waals surface area contributed by atoms with Crippen LogP contribution in [0.1, 0.15) is 25.0 Å². The number of anilines is 2. The summed E-state index contributed by atoms with van der Waals surface area (Å²) in [5.41, 5.74) is 0.128. The number of aryl methyl sites for hydroxylation is 1. The number of hydrogen-bond donors (Lipinski definition) is 1. The lowest BCUT2D eigenvalue weighted by molar-refractivity contribution is -0.141. The average molecular weight is 468 g/mol. The number of aromatic nitrogens is 3. The minimum absolute atomic E-state index is 0.0791. The van der Waals surface area contributed by atoms with Gasteiger partial charge >= 0.3 is 6.18 Å². The van der Waals surface area contributed by atoms with Gasteiger partial charge in [-0.1, -0.05) is 28.9 Å². The van der Waals surface area contributed by atoms with Gasteiger partial charge in [-0.25, -0.2) is 4.68 Å². The van der Waals surface area contributed by atoms with E-state index in [1.54, 1.807) is 24.3 Å². The van der Waals surface area contributed by atoms with Crippen LogP contribution in [0.25, 0.3) is 11.3 Å². The maximum atomic E-state index is 12.9. The van der Waals surface area contributed by atoms with Crippen molar-refractivity contribution in [3.8, 4) is 11.3 Å². The monoisotopic (exact) mass is 467 g/mol. The van der Waals surface area contributed by atoms with Crippen LogP contribution in [-0.4, -0.2) is 33.3 Å². The molecule has 2 amide bonds. The summed E-state index contributed by atoms with van der Waals surface area (Å²) in [5.74, 6) is -0.778. The van der Waals surface area contributed by atoms with Crippen LogP contribution in [0.5, 0.6) is 0 Å². The number of nitrogens with one attached hydrogen (secondary N) is 1.